The molecular formula is C27H37N7O2. The zero-order chi connectivity index (χ0) is 25.4. The van der Waals surface area contributed by atoms with Gasteiger partial charge in [-0.3, -0.25) is 14.9 Å². The van der Waals surface area contributed by atoms with Crippen LogP contribution in [-0.4, -0.2) is 58.5 Å². The number of benzene rings is 1. The van der Waals surface area contributed by atoms with E-state index in [0.29, 0.717) is 23.8 Å². The van der Waals surface area contributed by atoms with E-state index in [0.717, 1.165) is 50.0 Å². The van der Waals surface area contributed by atoms with Crippen LogP contribution in [0.2, 0.25) is 0 Å². The molecule has 3 heterocycles. The summed E-state index contributed by atoms with van der Waals surface area (Å²) < 4.78 is 0. The van der Waals surface area contributed by atoms with Gasteiger partial charge in [-0.1, -0.05) is 12.8 Å². The second-order valence-electron chi connectivity index (χ2n) is 10.9. The van der Waals surface area contributed by atoms with Crippen LogP contribution < -0.4 is 25.8 Å². The number of rotatable bonds is 6. The summed E-state index contributed by atoms with van der Waals surface area (Å²) in [6.07, 6.45) is 6.11. The van der Waals surface area contributed by atoms with Crippen molar-refractivity contribution < 1.29 is 9.59 Å². The highest BCUT2D eigenvalue weighted by molar-refractivity contribution is 6.10. The third-order valence-corrected chi connectivity index (χ3v) is 7.69. The van der Waals surface area contributed by atoms with E-state index < -0.39 is 5.54 Å². The topological polar surface area (TPSA) is 102 Å². The fourth-order valence-corrected chi connectivity index (χ4v) is 6.02. The van der Waals surface area contributed by atoms with Crippen LogP contribution in [0.25, 0.3) is 0 Å². The van der Waals surface area contributed by atoms with Gasteiger partial charge in [0.2, 0.25) is 11.9 Å². The largest absolute Gasteiger partial charge is 0.368 e. The number of aryl methyl sites for hydroxylation is 1. The van der Waals surface area contributed by atoms with Gasteiger partial charge in [0, 0.05) is 54.4 Å². The molecule has 1 aromatic heterocycles. The van der Waals surface area contributed by atoms with Crippen LogP contribution in [0.5, 0.6) is 0 Å². The number of nitrogens with zero attached hydrogens (tertiary/aromatic N) is 4. The van der Waals surface area contributed by atoms with E-state index in [9.17, 15) is 9.59 Å². The third kappa shape index (κ3) is 4.76. The van der Waals surface area contributed by atoms with Gasteiger partial charge >= 0.3 is 0 Å². The first-order valence-corrected chi connectivity index (χ1v) is 13.1. The predicted octanol–water partition coefficient (Wildman–Crippen LogP) is 3.27. The van der Waals surface area contributed by atoms with Gasteiger partial charge in [0.15, 0.2) is 0 Å². The van der Waals surface area contributed by atoms with Gasteiger partial charge in [-0.25, -0.2) is 4.98 Å². The molecule has 2 saturated heterocycles. The molecule has 2 aromatic rings. The van der Waals surface area contributed by atoms with E-state index in [4.69, 9.17) is 4.98 Å². The number of nitrogens with one attached hydrogen (secondary N) is 3. The number of hydrogen-bond acceptors (Lipinski definition) is 8. The quantitative estimate of drug-likeness (QED) is 0.529. The molecule has 36 heavy (non-hydrogen) atoms. The zero-order valence-corrected chi connectivity index (χ0v) is 21.7. The van der Waals surface area contributed by atoms with E-state index in [1.165, 1.54) is 5.69 Å². The van der Waals surface area contributed by atoms with Crippen LogP contribution in [0.1, 0.15) is 58.4 Å². The van der Waals surface area contributed by atoms with Crippen molar-refractivity contribution in [1.29, 1.82) is 0 Å². The second-order valence-corrected chi connectivity index (χ2v) is 10.9. The maximum Gasteiger partial charge on any atom is 0.252 e. The maximum atomic E-state index is 12.9. The molecule has 9 nitrogen and oxygen atoms in total. The molecule has 1 saturated carbocycles. The summed E-state index contributed by atoms with van der Waals surface area (Å²) in [4.78, 5) is 39.0. The number of carbonyl (C=O) groups excluding carboxylic acids is 2. The van der Waals surface area contributed by atoms with Gasteiger partial charge < -0.3 is 20.4 Å². The van der Waals surface area contributed by atoms with Gasteiger partial charge in [-0.15, -0.1) is 0 Å². The lowest BCUT2D eigenvalue weighted by molar-refractivity contribution is -0.126. The van der Waals surface area contributed by atoms with E-state index in [-0.39, 0.29) is 24.3 Å². The lowest BCUT2D eigenvalue weighted by Crippen LogP contribution is -2.56. The normalized spacial score (nSPS) is 26.8. The highest BCUT2D eigenvalue weighted by atomic mass is 16.2. The van der Waals surface area contributed by atoms with Crippen LogP contribution in [-0.2, 0) is 9.59 Å². The van der Waals surface area contributed by atoms with Crippen LogP contribution >= 0.6 is 0 Å². The van der Waals surface area contributed by atoms with E-state index in [1.807, 2.05) is 13.8 Å². The lowest BCUT2D eigenvalue weighted by atomic mass is 9.94. The third-order valence-electron chi connectivity index (χ3n) is 7.69. The average Bonchev–Trinajstić information content (AvgIpc) is 3.43. The van der Waals surface area contributed by atoms with E-state index >= 15 is 0 Å². The van der Waals surface area contributed by atoms with Crippen molar-refractivity contribution in [2.24, 2.45) is 0 Å². The number of imide groups is 1. The Balaban J connectivity index is 1.40. The molecule has 1 aliphatic carbocycles. The summed E-state index contributed by atoms with van der Waals surface area (Å²) in [6.45, 7) is 10.2. The number of carbonyl (C=O) groups is 2. The highest BCUT2D eigenvalue weighted by Gasteiger charge is 2.50. The fourth-order valence-electron chi connectivity index (χ4n) is 6.02. The predicted molar refractivity (Wildman–Crippen MR) is 142 cm³/mol. The van der Waals surface area contributed by atoms with Crippen LogP contribution in [0.15, 0.2) is 30.5 Å². The van der Waals surface area contributed by atoms with E-state index in [2.05, 4.69) is 68.8 Å². The Morgan fingerprint density at radius 3 is 2.36 bits per heavy atom. The smallest absolute Gasteiger partial charge is 0.252 e. The Kier molecular flexibility index (Phi) is 6.59. The molecule has 3 atom stereocenters. The monoisotopic (exact) mass is 491 g/mol. The SMILES string of the molecule is Cc1cnc(Nc2ccc(N3CC(C)NC(C)C3)cc2)nc1N(C1CCCC1)C1(C)CC(=O)NC1=O. The first kappa shape index (κ1) is 24.5. The average molecular weight is 492 g/mol. The molecular weight excluding hydrogens is 454 g/mol. The summed E-state index contributed by atoms with van der Waals surface area (Å²) in [5, 5.41) is 9.42. The highest BCUT2D eigenvalue weighted by Crippen LogP contribution is 2.38. The van der Waals surface area contributed by atoms with Crippen molar-refractivity contribution in [3.05, 3.63) is 36.0 Å². The molecule has 0 bridgehead atoms. The van der Waals surface area contributed by atoms with Crippen LogP contribution in [0.3, 0.4) is 0 Å². The van der Waals surface area contributed by atoms with Gasteiger partial charge in [0.1, 0.15) is 11.4 Å². The van der Waals surface area contributed by atoms with Gasteiger partial charge in [0.05, 0.1) is 6.42 Å². The molecule has 3 N–H and O–H groups in total. The Labute approximate surface area is 213 Å². The number of piperazine rings is 1. The summed E-state index contributed by atoms with van der Waals surface area (Å²) in [5.74, 6) is 0.708. The summed E-state index contributed by atoms with van der Waals surface area (Å²) >= 11 is 0. The first-order chi connectivity index (χ1) is 17.2. The summed E-state index contributed by atoms with van der Waals surface area (Å²) in [6, 6.07) is 9.42. The number of hydrogen-bond donors (Lipinski definition) is 3. The number of aromatic nitrogens is 2. The van der Waals surface area contributed by atoms with Crippen molar-refractivity contribution in [3.8, 4) is 0 Å². The molecule has 192 valence electrons. The van der Waals surface area contributed by atoms with Crippen molar-refractivity contribution >= 4 is 35.0 Å². The summed E-state index contributed by atoms with van der Waals surface area (Å²) in [7, 11) is 0. The Morgan fingerprint density at radius 1 is 1.08 bits per heavy atom. The van der Waals surface area contributed by atoms with Gasteiger partial charge in [0.25, 0.3) is 5.91 Å². The second kappa shape index (κ2) is 9.69. The van der Waals surface area contributed by atoms with Crippen molar-refractivity contribution in [3.63, 3.8) is 0 Å². The zero-order valence-electron chi connectivity index (χ0n) is 21.7. The standard InChI is InChI=1S/C27H37N7O2/c1-17-14-28-26(30-20-9-11-21(12-10-20)33-15-18(2)29-19(3)16-33)32-24(17)34(22-7-5-6-8-22)27(4)13-23(35)31-25(27)36/h9-12,14,18-19,22,29H,5-8,13,15-16H2,1-4H3,(H,28,30,32)(H,31,35,36). The molecule has 0 radical (unpaired) electrons. The molecule has 3 unspecified atom stereocenters. The maximum absolute atomic E-state index is 12.9. The molecule has 0 spiro atoms. The van der Waals surface area contributed by atoms with Crippen molar-refractivity contribution in [2.45, 2.75) is 83.5 Å². The Bertz CT molecular complexity index is 1120. The Hall–Kier alpha value is -3.20. The van der Waals surface area contributed by atoms with Crippen molar-refractivity contribution in [1.82, 2.24) is 20.6 Å². The molecule has 5 rings (SSSR count). The molecule has 3 aliphatic rings. The molecule has 1 aromatic carbocycles. The summed E-state index contributed by atoms with van der Waals surface area (Å²) in [5.41, 5.74) is 2.03. The lowest BCUT2D eigenvalue weighted by Gasteiger charge is -2.41. The van der Waals surface area contributed by atoms with Crippen molar-refractivity contribution in [2.75, 3.05) is 28.2 Å². The number of anilines is 4. The van der Waals surface area contributed by atoms with Gasteiger partial charge in [-0.05, 0) is 64.8 Å². The molecule has 3 fully saturated rings. The Morgan fingerprint density at radius 2 is 1.75 bits per heavy atom. The van der Waals surface area contributed by atoms with Crippen LogP contribution in [0.4, 0.5) is 23.1 Å². The van der Waals surface area contributed by atoms with E-state index in [1.54, 1.807) is 6.20 Å². The molecule has 9 heteroatoms. The molecule has 2 aliphatic heterocycles. The minimum atomic E-state index is -0.957. The minimum absolute atomic E-state index is 0.138. The van der Waals surface area contributed by atoms with Crippen LogP contribution in [0, 0.1) is 6.92 Å². The fraction of sp³-hybridized carbons (Fsp3) is 0.556. The minimum Gasteiger partial charge on any atom is -0.368 e. The van der Waals surface area contributed by atoms with Gasteiger partial charge in [-0.2, -0.15) is 4.98 Å². The number of amides is 2. The molecule has 2 amide bonds. The first-order valence-electron chi connectivity index (χ1n) is 13.1.